The van der Waals surface area contributed by atoms with Crippen LogP contribution in [0.4, 0.5) is 0 Å². The summed E-state index contributed by atoms with van der Waals surface area (Å²) in [6.45, 7) is 2.34. The minimum absolute atomic E-state index is 0.397. The van der Waals surface area contributed by atoms with Crippen LogP contribution in [-0.4, -0.2) is 10.9 Å². The lowest BCUT2D eigenvalue weighted by Gasteiger charge is -2.31. The van der Waals surface area contributed by atoms with Crippen molar-refractivity contribution in [3.63, 3.8) is 0 Å². The lowest BCUT2D eigenvalue weighted by molar-refractivity contribution is 0.228. The van der Waals surface area contributed by atoms with Crippen molar-refractivity contribution in [1.82, 2.24) is 0 Å². The van der Waals surface area contributed by atoms with E-state index >= 15 is 0 Å². The van der Waals surface area contributed by atoms with Crippen LogP contribution in [0.1, 0.15) is 39.0 Å². The second-order valence-electron chi connectivity index (χ2n) is 7.39. The SMILES string of the molecule is CCCC1C2CCC(C2)C1CSc1ccc(O)c2ccccc12. The van der Waals surface area contributed by atoms with Crippen LogP contribution in [0, 0.1) is 23.7 Å². The molecule has 2 fully saturated rings. The molecule has 0 aliphatic heterocycles. The molecule has 4 atom stereocenters. The zero-order chi connectivity index (χ0) is 15.8. The molecule has 2 aromatic rings. The van der Waals surface area contributed by atoms with Gasteiger partial charge in [0.25, 0.3) is 0 Å². The van der Waals surface area contributed by atoms with Gasteiger partial charge in [0.15, 0.2) is 0 Å². The van der Waals surface area contributed by atoms with Gasteiger partial charge in [-0.1, -0.05) is 44.0 Å². The van der Waals surface area contributed by atoms with Crippen LogP contribution in [0.25, 0.3) is 10.8 Å². The fourth-order valence-corrected chi connectivity index (χ4v) is 6.53. The molecule has 2 heteroatoms. The maximum Gasteiger partial charge on any atom is 0.123 e. The highest BCUT2D eigenvalue weighted by Crippen LogP contribution is 2.55. The molecule has 2 bridgehead atoms. The molecular weight excluding hydrogens is 300 g/mol. The van der Waals surface area contributed by atoms with Gasteiger partial charge in [-0.05, 0) is 60.5 Å². The number of hydrogen-bond acceptors (Lipinski definition) is 2. The van der Waals surface area contributed by atoms with Crippen molar-refractivity contribution >= 4 is 22.5 Å². The molecule has 0 radical (unpaired) electrons. The number of fused-ring (bicyclic) bond motifs is 3. The second-order valence-corrected chi connectivity index (χ2v) is 8.45. The minimum Gasteiger partial charge on any atom is -0.507 e. The summed E-state index contributed by atoms with van der Waals surface area (Å²) in [5.74, 6) is 5.52. The number of aromatic hydroxyl groups is 1. The van der Waals surface area contributed by atoms with Gasteiger partial charge in [-0.2, -0.15) is 0 Å². The third-order valence-electron chi connectivity index (χ3n) is 6.19. The molecule has 2 aliphatic carbocycles. The Kier molecular flexibility index (Phi) is 4.27. The van der Waals surface area contributed by atoms with E-state index in [0.717, 1.165) is 29.1 Å². The van der Waals surface area contributed by atoms with Crippen LogP contribution >= 0.6 is 11.8 Å². The van der Waals surface area contributed by atoms with Gasteiger partial charge in [0.2, 0.25) is 0 Å². The normalized spacial score (nSPS) is 29.4. The van der Waals surface area contributed by atoms with E-state index in [1.54, 1.807) is 0 Å². The van der Waals surface area contributed by atoms with Crippen molar-refractivity contribution in [2.45, 2.75) is 43.9 Å². The highest BCUT2D eigenvalue weighted by atomic mass is 32.2. The van der Waals surface area contributed by atoms with Crippen molar-refractivity contribution in [2.24, 2.45) is 23.7 Å². The summed E-state index contributed by atoms with van der Waals surface area (Å²) in [4.78, 5) is 1.33. The maximum absolute atomic E-state index is 10.1. The molecule has 23 heavy (non-hydrogen) atoms. The van der Waals surface area contributed by atoms with Gasteiger partial charge in [-0.15, -0.1) is 11.8 Å². The average Bonchev–Trinajstić information content (AvgIpc) is 3.17. The zero-order valence-corrected chi connectivity index (χ0v) is 14.7. The Balaban J connectivity index is 1.54. The van der Waals surface area contributed by atoms with Crippen molar-refractivity contribution in [3.05, 3.63) is 36.4 Å². The molecular formula is C21H26OS. The lowest BCUT2D eigenvalue weighted by atomic mass is 9.78. The topological polar surface area (TPSA) is 20.2 Å². The minimum atomic E-state index is 0.397. The van der Waals surface area contributed by atoms with Gasteiger partial charge in [0.1, 0.15) is 5.75 Å². The summed E-state index contributed by atoms with van der Waals surface area (Å²) in [5, 5.41) is 12.2. The predicted molar refractivity (Wildman–Crippen MR) is 99.1 cm³/mol. The first-order valence-electron chi connectivity index (χ1n) is 9.11. The first kappa shape index (κ1) is 15.4. The molecule has 1 N–H and O–H groups in total. The Morgan fingerprint density at radius 1 is 1.00 bits per heavy atom. The molecule has 0 amide bonds. The lowest BCUT2D eigenvalue weighted by Crippen LogP contribution is -2.24. The molecule has 2 aliphatic rings. The van der Waals surface area contributed by atoms with Gasteiger partial charge >= 0.3 is 0 Å². The van der Waals surface area contributed by atoms with Crippen LogP contribution in [0.2, 0.25) is 0 Å². The predicted octanol–water partition coefficient (Wildman–Crippen LogP) is 6.10. The number of benzene rings is 2. The number of rotatable bonds is 5. The summed E-state index contributed by atoms with van der Waals surface area (Å²) in [6, 6.07) is 12.2. The number of thioether (sulfide) groups is 1. The largest absolute Gasteiger partial charge is 0.507 e. The zero-order valence-electron chi connectivity index (χ0n) is 13.9. The van der Waals surface area contributed by atoms with Gasteiger partial charge in [-0.3, -0.25) is 0 Å². The average molecular weight is 327 g/mol. The standard InChI is InChI=1S/C21H26OS/c1-2-5-16-14-8-9-15(12-14)19(16)13-23-21-11-10-20(22)17-6-3-4-7-18(17)21/h3-4,6-7,10-11,14-16,19,22H,2,5,8-9,12-13H2,1H3. The van der Waals surface area contributed by atoms with Crippen LogP contribution < -0.4 is 0 Å². The van der Waals surface area contributed by atoms with Crippen molar-refractivity contribution in [3.8, 4) is 5.75 Å². The quantitative estimate of drug-likeness (QED) is 0.670. The van der Waals surface area contributed by atoms with Crippen molar-refractivity contribution < 1.29 is 5.11 Å². The highest BCUT2D eigenvalue weighted by molar-refractivity contribution is 7.99. The van der Waals surface area contributed by atoms with E-state index in [4.69, 9.17) is 0 Å². The molecule has 122 valence electrons. The summed E-state index contributed by atoms with van der Waals surface area (Å²) in [5.41, 5.74) is 0. The fourth-order valence-electron chi connectivity index (χ4n) is 5.14. The number of hydrogen-bond donors (Lipinski definition) is 1. The maximum atomic E-state index is 10.1. The highest BCUT2D eigenvalue weighted by Gasteiger charge is 2.46. The van der Waals surface area contributed by atoms with Crippen molar-refractivity contribution in [2.75, 3.05) is 5.75 Å². The fraction of sp³-hybridized carbons (Fsp3) is 0.524. The molecule has 1 nitrogen and oxygen atoms in total. The van der Waals surface area contributed by atoms with Crippen LogP contribution in [-0.2, 0) is 0 Å². The van der Waals surface area contributed by atoms with E-state index in [1.807, 2.05) is 30.0 Å². The molecule has 0 heterocycles. The third kappa shape index (κ3) is 2.76. The van der Waals surface area contributed by atoms with E-state index in [9.17, 15) is 5.11 Å². The Bertz CT molecular complexity index is 695. The Hall–Kier alpha value is -1.15. The molecule has 2 saturated carbocycles. The molecule has 0 aromatic heterocycles. The number of phenols is 1. The van der Waals surface area contributed by atoms with E-state index in [0.29, 0.717) is 5.75 Å². The van der Waals surface area contributed by atoms with Crippen LogP contribution in [0.5, 0.6) is 5.75 Å². The molecule has 0 spiro atoms. The first-order valence-corrected chi connectivity index (χ1v) is 10.1. The van der Waals surface area contributed by atoms with Gasteiger partial charge in [-0.25, -0.2) is 0 Å². The number of phenolic OH excluding ortho intramolecular Hbond substituents is 1. The summed E-state index contributed by atoms with van der Waals surface area (Å²) in [7, 11) is 0. The van der Waals surface area contributed by atoms with E-state index in [2.05, 4.69) is 25.1 Å². The summed E-state index contributed by atoms with van der Waals surface area (Å²) >= 11 is 2.01. The first-order chi connectivity index (χ1) is 11.3. The Labute approximate surface area is 143 Å². The van der Waals surface area contributed by atoms with E-state index < -0.39 is 0 Å². The van der Waals surface area contributed by atoms with E-state index in [-0.39, 0.29) is 0 Å². The molecule has 4 rings (SSSR count). The molecule has 4 unspecified atom stereocenters. The Morgan fingerprint density at radius 3 is 2.52 bits per heavy atom. The second kappa shape index (κ2) is 6.39. The summed E-state index contributed by atoms with van der Waals surface area (Å²) < 4.78 is 0. The monoisotopic (exact) mass is 326 g/mol. The van der Waals surface area contributed by atoms with Gasteiger partial charge < -0.3 is 5.11 Å². The van der Waals surface area contributed by atoms with Gasteiger partial charge in [0, 0.05) is 16.0 Å². The third-order valence-corrected chi connectivity index (χ3v) is 7.41. The van der Waals surface area contributed by atoms with Crippen molar-refractivity contribution in [1.29, 1.82) is 0 Å². The molecule has 2 aromatic carbocycles. The summed E-state index contributed by atoms with van der Waals surface area (Å²) in [6.07, 6.45) is 7.19. The van der Waals surface area contributed by atoms with E-state index in [1.165, 1.54) is 48.1 Å². The Morgan fingerprint density at radius 2 is 1.74 bits per heavy atom. The molecule has 0 saturated heterocycles. The van der Waals surface area contributed by atoms with Crippen LogP contribution in [0.15, 0.2) is 41.3 Å². The van der Waals surface area contributed by atoms with Gasteiger partial charge in [0.05, 0.1) is 0 Å². The van der Waals surface area contributed by atoms with Crippen LogP contribution in [0.3, 0.4) is 0 Å². The smallest absolute Gasteiger partial charge is 0.123 e.